The molecular weight excluding hydrogens is 244 g/mol. The van der Waals surface area contributed by atoms with Gasteiger partial charge in [0.2, 0.25) is 5.95 Å². The molecule has 1 aromatic heterocycles. The SMILES string of the molecule is CCN1Cc2nc(N3CCC(O)CC3)ncc2C1=O. The molecule has 102 valence electrons. The average molecular weight is 262 g/mol. The molecule has 0 saturated carbocycles. The van der Waals surface area contributed by atoms with Gasteiger partial charge in [0, 0.05) is 25.8 Å². The minimum absolute atomic E-state index is 0.0260. The lowest BCUT2D eigenvalue weighted by atomic mass is 10.1. The van der Waals surface area contributed by atoms with Gasteiger partial charge in [-0.15, -0.1) is 0 Å². The van der Waals surface area contributed by atoms with E-state index in [9.17, 15) is 9.90 Å². The van der Waals surface area contributed by atoms with Gasteiger partial charge < -0.3 is 14.9 Å². The number of aliphatic hydroxyl groups is 1. The van der Waals surface area contributed by atoms with Crippen LogP contribution in [0.3, 0.4) is 0 Å². The van der Waals surface area contributed by atoms with Gasteiger partial charge >= 0.3 is 0 Å². The number of carbonyl (C=O) groups excluding carboxylic acids is 1. The summed E-state index contributed by atoms with van der Waals surface area (Å²) in [5.74, 6) is 0.703. The van der Waals surface area contributed by atoms with Gasteiger partial charge in [-0.2, -0.15) is 0 Å². The lowest BCUT2D eigenvalue weighted by molar-refractivity contribution is 0.0786. The molecule has 1 amide bonds. The zero-order valence-corrected chi connectivity index (χ0v) is 11.0. The largest absolute Gasteiger partial charge is 0.393 e. The fraction of sp³-hybridized carbons (Fsp3) is 0.615. The lowest BCUT2D eigenvalue weighted by Crippen LogP contribution is -2.37. The van der Waals surface area contributed by atoms with E-state index < -0.39 is 0 Å². The van der Waals surface area contributed by atoms with Gasteiger partial charge in [0.1, 0.15) is 0 Å². The molecule has 0 bridgehead atoms. The summed E-state index contributed by atoms with van der Waals surface area (Å²) in [6.45, 7) is 4.78. The van der Waals surface area contributed by atoms with E-state index in [0.717, 1.165) is 31.6 Å². The van der Waals surface area contributed by atoms with Crippen molar-refractivity contribution in [3.8, 4) is 0 Å². The fourth-order valence-electron chi connectivity index (χ4n) is 2.60. The van der Waals surface area contributed by atoms with Gasteiger partial charge in [0.25, 0.3) is 5.91 Å². The number of fused-ring (bicyclic) bond motifs is 1. The first-order valence-electron chi connectivity index (χ1n) is 6.77. The molecule has 19 heavy (non-hydrogen) atoms. The standard InChI is InChI=1S/C13H18N4O2/c1-2-16-8-11-10(12(16)19)7-14-13(15-11)17-5-3-9(18)4-6-17/h7,9,18H,2-6,8H2,1H3. The molecule has 1 saturated heterocycles. The van der Waals surface area contributed by atoms with Gasteiger partial charge in [-0.25, -0.2) is 9.97 Å². The Morgan fingerprint density at radius 2 is 2.16 bits per heavy atom. The van der Waals surface area contributed by atoms with Crippen molar-refractivity contribution in [3.63, 3.8) is 0 Å². The third-order valence-electron chi connectivity index (χ3n) is 3.84. The Kier molecular flexibility index (Phi) is 3.10. The number of anilines is 1. The number of aromatic nitrogens is 2. The summed E-state index contributed by atoms with van der Waals surface area (Å²) in [7, 11) is 0. The number of carbonyl (C=O) groups is 1. The molecule has 1 aromatic rings. The monoisotopic (exact) mass is 262 g/mol. The highest BCUT2D eigenvalue weighted by molar-refractivity contribution is 5.97. The van der Waals surface area contributed by atoms with Crippen LogP contribution in [0.4, 0.5) is 5.95 Å². The van der Waals surface area contributed by atoms with Crippen molar-refractivity contribution in [1.29, 1.82) is 0 Å². The topological polar surface area (TPSA) is 69.6 Å². The summed E-state index contributed by atoms with van der Waals surface area (Å²) < 4.78 is 0. The van der Waals surface area contributed by atoms with E-state index in [4.69, 9.17) is 0 Å². The Balaban J connectivity index is 1.82. The van der Waals surface area contributed by atoms with E-state index in [2.05, 4.69) is 14.9 Å². The van der Waals surface area contributed by atoms with E-state index >= 15 is 0 Å². The Labute approximate surface area is 112 Å². The maximum absolute atomic E-state index is 12.0. The van der Waals surface area contributed by atoms with Crippen LogP contribution < -0.4 is 4.90 Å². The number of rotatable bonds is 2. The minimum atomic E-state index is -0.206. The number of hydrogen-bond acceptors (Lipinski definition) is 5. The third-order valence-corrected chi connectivity index (χ3v) is 3.84. The highest BCUT2D eigenvalue weighted by Crippen LogP contribution is 2.23. The van der Waals surface area contributed by atoms with Gasteiger partial charge in [-0.3, -0.25) is 4.79 Å². The van der Waals surface area contributed by atoms with Crippen molar-refractivity contribution in [1.82, 2.24) is 14.9 Å². The molecule has 6 nitrogen and oxygen atoms in total. The Morgan fingerprint density at radius 3 is 2.84 bits per heavy atom. The zero-order chi connectivity index (χ0) is 13.4. The first kappa shape index (κ1) is 12.3. The summed E-state index contributed by atoms with van der Waals surface area (Å²) in [6, 6.07) is 0. The van der Waals surface area contributed by atoms with E-state index in [-0.39, 0.29) is 12.0 Å². The number of amides is 1. The van der Waals surface area contributed by atoms with Crippen molar-refractivity contribution in [2.75, 3.05) is 24.5 Å². The highest BCUT2D eigenvalue weighted by Gasteiger charge is 2.29. The maximum Gasteiger partial charge on any atom is 0.257 e. The first-order valence-corrected chi connectivity index (χ1v) is 6.77. The van der Waals surface area contributed by atoms with Crippen LogP contribution in [-0.2, 0) is 6.54 Å². The first-order chi connectivity index (χ1) is 9.19. The van der Waals surface area contributed by atoms with Crippen LogP contribution in [0.25, 0.3) is 0 Å². The summed E-state index contributed by atoms with van der Waals surface area (Å²) in [4.78, 5) is 24.6. The van der Waals surface area contributed by atoms with Crippen molar-refractivity contribution in [3.05, 3.63) is 17.5 Å². The van der Waals surface area contributed by atoms with Crippen LogP contribution in [0.2, 0.25) is 0 Å². The molecule has 2 aliphatic heterocycles. The Morgan fingerprint density at radius 1 is 1.42 bits per heavy atom. The molecule has 3 heterocycles. The highest BCUT2D eigenvalue weighted by atomic mass is 16.3. The van der Waals surface area contributed by atoms with Crippen LogP contribution in [0.5, 0.6) is 0 Å². The molecular formula is C13H18N4O2. The van der Waals surface area contributed by atoms with Gasteiger partial charge in [0.05, 0.1) is 23.9 Å². The van der Waals surface area contributed by atoms with Crippen molar-refractivity contribution < 1.29 is 9.90 Å². The van der Waals surface area contributed by atoms with Crippen LogP contribution in [0.1, 0.15) is 35.8 Å². The molecule has 0 unspecified atom stereocenters. The summed E-state index contributed by atoms with van der Waals surface area (Å²) in [5.41, 5.74) is 1.45. The second-order valence-electron chi connectivity index (χ2n) is 5.07. The number of aliphatic hydroxyl groups excluding tert-OH is 1. The van der Waals surface area contributed by atoms with Gasteiger partial charge in [-0.1, -0.05) is 0 Å². The van der Waals surface area contributed by atoms with Crippen LogP contribution in [0.15, 0.2) is 6.20 Å². The lowest BCUT2D eigenvalue weighted by Gasteiger charge is -2.29. The molecule has 2 aliphatic rings. The zero-order valence-electron chi connectivity index (χ0n) is 11.0. The van der Waals surface area contributed by atoms with E-state index in [1.165, 1.54) is 0 Å². The minimum Gasteiger partial charge on any atom is -0.393 e. The molecule has 0 atom stereocenters. The average Bonchev–Trinajstić information content (AvgIpc) is 2.76. The predicted molar refractivity (Wildman–Crippen MR) is 69.9 cm³/mol. The summed E-state index contributed by atoms with van der Waals surface area (Å²) in [5, 5.41) is 9.51. The van der Waals surface area contributed by atoms with Gasteiger partial charge in [-0.05, 0) is 19.8 Å². The third kappa shape index (κ3) is 2.16. The normalized spacial score (nSPS) is 20.0. The summed E-state index contributed by atoms with van der Waals surface area (Å²) >= 11 is 0. The van der Waals surface area contributed by atoms with E-state index in [1.807, 2.05) is 6.92 Å². The number of piperidine rings is 1. The van der Waals surface area contributed by atoms with Crippen LogP contribution in [-0.4, -0.2) is 51.6 Å². The van der Waals surface area contributed by atoms with E-state index in [0.29, 0.717) is 24.6 Å². The molecule has 0 aliphatic carbocycles. The van der Waals surface area contributed by atoms with E-state index in [1.54, 1.807) is 11.1 Å². The quantitative estimate of drug-likeness (QED) is 0.836. The second kappa shape index (κ2) is 4.77. The molecule has 0 aromatic carbocycles. The van der Waals surface area contributed by atoms with Crippen LogP contribution >= 0.6 is 0 Å². The fourth-order valence-corrected chi connectivity index (χ4v) is 2.60. The van der Waals surface area contributed by atoms with Crippen molar-refractivity contribution in [2.45, 2.75) is 32.4 Å². The van der Waals surface area contributed by atoms with Crippen molar-refractivity contribution >= 4 is 11.9 Å². The van der Waals surface area contributed by atoms with Crippen molar-refractivity contribution in [2.24, 2.45) is 0 Å². The second-order valence-corrected chi connectivity index (χ2v) is 5.07. The molecule has 6 heteroatoms. The number of hydrogen-bond donors (Lipinski definition) is 1. The summed E-state index contributed by atoms with van der Waals surface area (Å²) in [6.07, 6.45) is 2.93. The molecule has 1 fully saturated rings. The smallest absolute Gasteiger partial charge is 0.257 e. The Bertz CT molecular complexity index is 497. The molecule has 1 N–H and O–H groups in total. The molecule has 0 spiro atoms. The maximum atomic E-state index is 12.0. The molecule has 3 rings (SSSR count). The molecule has 0 radical (unpaired) electrons. The van der Waals surface area contributed by atoms with Gasteiger partial charge in [0.15, 0.2) is 0 Å². The number of nitrogens with zero attached hydrogens (tertiary/aromatic N) is 4. The Hall–Kier alpha value is -1.69. The van der Waals surface area contributed by atoms with Crippen LogP contribution in [0, 0.1) is 0 Å². The predicted octanol–water partition coefficient (Wildman–Crippen LogP) is 0.413.